The number of aliphatic carboxylic acids is 1. The van der Waals surface area contributed by atoms with Crippen LogP contribution in [-0.4, -0.2) is 47.2 Å². The normalized spacial score (nSPS) is 35.8. The molecule has 3 unspecified atom stereocenters. The van der Waals surface area contributed by atoms with Crippen molar-refractivity contribution in [2.45, 2.75) is 56.0 Å². The zero-order valence-electron chi connectivity index (χ0n) is 9.74. The Bertz CT molecular complexity index is 408. The second-order valence-corrected chi connectivity index (χ2v) is 7.13. The van der Waals surface area contributed by atoms with Crippen LogP contribution in [0.15, 0.2) is 0 Å². The van der Waals surface area contributed by atoms with Crippen molar-refractivity contribution in [3.63, 3.8) is 0 Å². The van der Waals surface area contributed by atoms with Crippen LogP contribution in [0, 0.1) is 0 Å². The van der Waals surface area contributed by atoms with E-state index in [9.17, 15) is 13.2 Å². The number of piperidine rings is 1. The van der Waals surface area contributed by atoms with E-state index < -0.39 is 21.2 Å². The van der Waals surface area contributed by atoms with E-state index in [1.165, 1.54) is 11.2 Å². The fourth-order valence-corrected chi connectivity index (χ4v) is 4.74. The number of carboxylic acids is 1. The molecule has 2 heterocycles. The fraction of sp³-hybridized carbons (Fsp3) is 0.900. The molecule has 0 aromatic rings. The molecule has 2 aliphatic heterocycles. The van der Waals surface area contributed by atoms with Gasteiger partial charge in [-0.15, -0.1) is 0 Å². The number of hydrogen-bond acceptors (Lipinski definition) is 4. The lowest BCUT2D eigenvalue weighted by Gasteiger charge is -2.37. The van der Waals surface area contributed by atoms with Crippen molar-refractivity contribution >= 4 is 16.0 Å². The van der Waals surface area contributed by atoms with Gasteiger partial charge in [-0.3, -0.25) is 4.79 Å². The molecule has 2 bridgehead atoms. The summed E-state index contributed by atoms with van der Waals surface area (Å²) >= 11 is 0. The molecule has 2 saturated heterocycles. The highest BCUT2D eigenvalue weighted by atomic mass is 32.2. The monoisotopic (exact) mass is 262 g/mol. The Morgan fingerprint density at radius 2 is 1.82 bits per heavy atom. The maximum absolute atomic E-state index is 12.2. The first kappa shape index (κ1) is 12.8. The van der Waals surface area contributed by atoms with Gasteiger partial charge >= 0.3 is 5.97 Å². The molecule has 98 valence electrons. The quantitative estimate of drug-likeness (QED) is 0.730. The molecule has 0 aromatic heterocycles. The van der Waals surface area contributed by atoms with Crippen LogP contribution in [0.5, 0.6) is 0 Å². The van der Waals surface area contributed by atoms with E-state index in [2.05, 4.69) is 0 Å². The van der Waals surface area contributed by atoms with Crippen LogP contribution in [0.2, 0.25) is 0 Å². The number of sulfonamides is 1. The van der Waals surface area contributed by atoms with Crippen molar-refractivity contribution in [3.05, 3.63) is 0 Å². The molecule has 17 heavy (non-hydrogen) atoms. The van der Waals surface area contributed by atoms with Crippen LogP contribution >= 0.6 is 0 Å². The summed E-state index contributed by atoms with van der Waals surface area (Å²) < 4.78 is 25.8. The van der Waals surface area contributed by atoms with Gasteiger partial charge in [0.1, 0.15) is 0 Å². The molecule has 0 aliphatic carbocycles. The van der Waals surface area contributed by atoms with Gasteiger partial charge in [-0.1, -0.05) is 0 Å². The lowest BCUT2D eigenvalue weighted by atomic mass is 10.0. The number of rotatable bonds is 3. The van der Waals surface area contributed by atoms with Crippen molar-refractivity contribution in [1.29, 1.82) is 0 Å². The SMILES string of the molecule is CC(C(=O)O)S(=O)(=O)N1C2CCC1CC(N)C2. The summed E-state index contributed by atoms with van der Waals surface area (Å²) in [6.45, 7) is 1.23. The molecule has 0 aromatic carbocycles. The van der Waals surface area contributed by atoms with Crippen molar-refractivity contribution in [2.24, 2.45) is 5.73 Å². The molecule has 7 heteroatoms. The van der Waals surface area contributed by atoms with Crippen LogP contribution < -0.4 is 5.73 Å². The molecule has 3 N–H and O–H groups in total. The molecular formula is C10H18N2O4S. The van der Waals surface area contributed by atoms with E-state index in [1.54, 1.807) is 0 Å². The highest BCUT2D eigenvalue weighted by Gasteiger charge is 2.48. The predicted molar refractivity (Wildman–Crippen MR) is 61.9 cm³/mol. The first-order valence-electron chi connectivity index (χ1n) is 5.84. The van der Waals surface area contributed by atoms with Gasteiger partial charge in [-0.25, -0.2) is 8.42 Å². The number of carbonyl (C=O) groups is 1. The maximum Gasteiger partial charge on any atom is 0.323 e. The fourth-order valence-electron chi connectivity index (χ4n) is 2.90. The van der Waals surface area contributed by atoms with Gasteiger partial charge in [-0.05, 0) is 32.6 Å². The molecule has 0 radical (unpaired) electrons. The highest BCUT2D eigenvalue weighted by Crippen LogP contribution is 2.38. The van der Waals surface area contributed by atoms with E-state index >= 15 is 0 Å². The van der Waals surface area contributed by atoms with Gasteiger partial charge in [0.05, 0.1) is 0 Å². The van der Waals surface area contributed by atoms with Crippen molar-refractivity contribution < 1.29 is 18.3 Å². The predicted octanol–water partition coefficient (Wildman–Crippen LogP) is -0.257. The van der Waals surface area contributed by atoms with Crippen LogP contribution in [-0.2, 0) is 14.8 Å². The minimum Gasteiger partial charge on any atom is -0.480 e. The lowest BCUT2D eigenvalue weighted by molar-refractivity contribution is -0.136. The van der Waals surface area contributed by atoms with E-state index in [0.29, 0.717) is 12.8 Å². The minimum atomic E-state index is -3.74. The average Bonchev–Trinajstić information content (AvgIpc) is 2.51. The molecule has 3 atom stereocenters. The van der Waals surface area contributed by atoms with E-state index in [1.807, 2.05) is 0 Å². The molecule has 2 fully saturated rings. The Hall–Kier alpha value is -0.660. The van der Waals surface area contributed by atoms with Crippen molar-refractivity contribution in [2.75, 3.05) is 0 Å². The van der Waals surface area contributed by atoms with E-state index in [-0.39, 0.29) is 18.1 Å². The van der Waals surface area contributed by atoms with Gasteiger partial charge in [0.2, 0.25) is 10.0 Å². The van der Waals surface area contributed by atoms with Gasteiger partial charge in [0, 0.05) is 18.1 Å². The largest absolute Gasteiger partial charge is 0.480 e. The number of nitrogens with two attached hydrogens (primary N) is 1. The number of hydrogen-bond donors (Lipinski definition) is 2. The molecule has 2 aliphatic rings. The summed E-state index contributed by atoms with van der Waals surface area (Å²) in [6, 6.07) is -0.162. The Morgan fingerprint density at radius 3 is 2.24 bits per heavy atom. The summed E-state index contributed by atoms with van der Waals surface area (Å²) in [5.74, 6) is -1.29. The van der Waals surface area contributed by atoms with Crippen molar-refractivity contribution in [3.8, 4) is 0 Å². The summed E-state index contributed by atoms with van der Waals surface area (Å²) in [7, 11) is -3.74. The summed E-state index contributed by atoms with van der Waals surface area (Å²) in [6.07, 6.45) is 2.87. The van der Waals surface area contributed by atoms with E-state index in [0.717, 1.165) is 12.8 Å². The molecular weight excluding hydrogens is 244 g/mol. The van der Waals surface area contributed by atoms with Crippen molar-refractivity contribution in [1.82, 2.24) is 4.31 Å². The third-order valence-corrected chi connectivity index (χ3v) is 6.07. The summed E-state index contributed by atoms with van der Waals surface area (Å²) in [4.78, 5) is 10.9. The molecule has 0 spiro atoms. The molecule has 6 nitrogen and oxygen atoms in total. The van der Waals surface area contributed by atoms with Crippen LogP contribution in [0.1, 0.15) is 32.6 Å². The van der Waals surface area contributed by atoms with Gasteiger partial charge < -0.3 is 10.8 Å². The van der Waals surface area contributed by atoms with Gasteiger partial charge in [0.25, 0.3) is 0 Å². The lowest BCUT2D eigenvalue weighted by Crippen LogP contribution is -2.53. The zero-order valence-corrected chi connectivity index (χ0v) is 10.6. The first-order chi connectivity index (χ1) is 7.84. The van der Waals surface area contributed by atoms with Crippen LogP contribution in [0.4, 0.5) is 0 Å². The average molecular weight is 262 g/mol. The number of fused-ring (bicyclic) bond motifs is 2. The maximum atomic E-state index is 12.2. The topological polar surface area (TPSA) is 101 Å². The Morgan fingerprint density at radius 1 is 1.35 bits per heavy atom. The van der Waals surface area contributed by atoms with Crippen LogP contribution in [0.3, 0.4) is 0 Å². The van der Waals surface area contributed by atoms with E-state index in [4.69, 9.17) is 10.8 Å². The van der Waals surface area contributed by atoms with Gasteiger partial charge in [0.15, 0.2) is 5.25 Å². The molecule has 0 saturated carbocycles. The Kier molecular flexibility index (Phi) is 3.17. The van der Waals surface area contributed by atoms with Crippen LogP contribution in [0.25, 0.3) is 0 Å². The second kappa shape index (κ2) is 4.22. The second-order valence-electron chi connectivity index (χ2n) is 4.97. The number of nitrogens with zero attached hydrogens (tertiary/aromatic N) is 1. The minimum absolute atomic E-state index is 0.0408. The standard InChI is InChI=1S/C10H18N2O4S/c1-6(10(13)14)17(15,16)12-8-2-3-9(12)5-7(11)4-8/h6-9H,2-5,11H2,1H3,(H,13,14). The van der Waals surface area contributed by atoms with Gasteiger partial charge in [-0.2, -0.15) is 4.31 Å². The molecule has 2 rings (SSSR count). The first-order valence-corrected chi connectivity index (χ1v) is 7.35. The third-order valence-electron chi connectivity index (χ3n) is 3.79. The smallest absolute Gasteiger partial charge is 0.323 e. The summed E-state index contributed by atoms with van der Waals surface area (Å²) in [5, 5.41) is 7.49. The Labute approximate surface area is 101 Å². The number of carboxylic acid groups (broad SMARTS) is 1. The zero-order chi connectivity index (χ0) is 12.8. The highest BCUT2D eigenvalue weighted by molar-refractivity contribution is 7.90. The summed E-state index contributed by atoms with van der Waals surface area (Å²) in [5.41, 5.74) is 5.86. The third kappa shape index (κ3) is 2.07. The molecule has 0 amide bonds. The Balaban J connectivity index is 2.27.